The van der Waals surface area contributed by atoms with Gasteiger partial charge in [-0.25, -0.2) is 4.99 Å². The fraction of sp³-hybridized carbons (Fsp3) is 0.571. The molecule has 0 bridgehead atoms. The third kappa shape index (κ3) is 5.21. The van der Waals surface area contributed by atoms with Crippen molar-refractivity contribution in [2.45, 2.75) is 26.3 Å². The van der Waals surface area contributed by atoms with E-state index in [0.29, 0.717) is 19.6 Å². The summed E-state index contributed by atoms with van der Waals surface area (Å²) in [6.45, 7) is 4.86. The van der Waals surface area contributed by atoms with Gasteiger partial charge in [0.1, 0.15) is 0 Å². The molecule has 1 amide bonds. The van der Waals surface area contributed by atoms with E-state index >= 15 is 0 Å². The van der Waals surface area contributed by atoms with Crippen LogP contribution in [0.25, 0.3) is 0 Å². The van der Waals surface area contributed by atoms with E-state index in [1.807, 2.05) is 6.92 Å². The van der Waals surface area contributed by atoms with Gasteiger partial charge >= 0.3 is 0 Å². The van der Waals surface area contributed by atoms with Crippen LogP contribution in [0.15, 0.2) is 21.8 Å². The third-order valence-corrected chi connectivity index (χ3v) is 3.74. The van der Waals surface area contributed by atoms with Gasteiger partial charge < -0.3 is 16.0 Å². The molecule has 1 heterocycles. The maximum atomic E-state index is 11.5. The molecule has 5 nitrogen and oxygen atoms in total. The highest BCUT2D eigenvalue weighted by atomic mass is 32.1. The van der Waals surface area contributed by atoms with Crippen molar-refractivity contribution in [1.82, 2.24) is 16.0 Å². The largest absolute Gasteiger partial charge is 0.357 e. The molecule has 1 aliphatic carbocycles. The fourth-order valence-corrected chi connectivity index (χ4v) is 2.41. The Bertz CT molecular complexity index is 440. The molecule has 1 aliphatic rings. The number of carbonyl (C=O) groups is 1. The summed E-state index contributed by atoms with van der Waals surface area (Å²) < 4.78 is 0. The molecule has 3 N–H and O–H groups in total. The molecule has 20 heavy (non-hydrogen) atoms. The molecule has 1 aromatic rings. The van der Waals surface area contributed by atoms with Gasteiger partial charge in [-0.2, -0.15) is 11.3 Å². The Morgan fingerprint density at radius 3 is 2.80 bits per heavy atom. The van der Waals surface area contributed by atoms with Crippen LogP contribution in [0.4, 0.5) is 0 Å². The van der Waals surface area contributed by atoms with Crippen LogP contribution >= 0.6 is 11.3 Å². The standard InChI is InChI=1S/C14H22N4OS/c1-2-15-14(18-9-11-5-8-20-10-11)17-7-6-16-13(19)12-3-4-12/h5,8,10,12H,2-4,6-7,9H2,1H3,(H,16,19)(H2,15,17,18). The average molecular weight is 294 g/mol. The fourth-order valence-electron chi connectivity index (χ4n) is 1.75. The molecular weight excluding hydrogens is 272 g/mol. The zero-order chi connectivity index (χ0) is 14.2. The zero-order valence-corrected chi connectivity index (χ0v) is 12.6. The Labute approximate surface area is 123 Å². The van der Waals surface area contributed by atoms with Crippen LogP contribution in [0, 0.1) is 5.92 Å². The minimum Gasteiger partial charge on any atom is -0.357 e. The van der Waals surface area contributed by atoms with Crippen LogP contribution in [0.1, 0.15) is 25.3 Å². The van der Waals surface area contributed by atoms with Crippen molar-refractivity contribution in [2.24, 2.45) is 10.9 Å². The minimum atomic E-state index is 0.187. The van der Waals surface area contributed by atoms with Crippen LogP contribution < -0.4 is 16.0 Å². The molecule has 0 aromatic carbocycles. The minimum absolute atomic E-state index is 0.187. The van der Waals surface area contributed by atoms with E-state index in [0.717, 1.165) is 25.3 Å². The Morgan fingerprint density at radius 2 is 2.15 bits per heavy atom. The van der Waals surface area contributed by atoms with Gasteiger partial charge in [0.15, 0.2) is 5.96 Å². The summed E-state index contributed by atoms with van der Waals surface area (Å²) >= 11 is 1.68. The van der Waals surface area contributed by atoms with Gasteiger partial charge in [-0.3, -0.25) is 4.79 Å². The number of thiophene rings is 1. The van der Waals surface area contributed by atoms with Gasteiger partial charge in [-0.15, -0.1) is 0 Å². The lowest BCUT2D eigenvalue weighted by Crippen LogP contribution is -2.41. The Kier molecular flexibility index (Phi) is 5.86. The molecule has 6 heteroatoms. The van der Waals surface area contributed by atoms with Crippen molar-refractivity contribution < 1.29 is 4.79 Å². The van der Waals surface area contributed by atoms with Crippen LogP contribution in [0.2, 0.25) is 0 Å². The molecule has 0 radical (unpaired) electrons. The molecule has 0 aliphatic heterocycles. The quantitative estimate of drug-likeness (QED) is 0.404. The van der Waals surface area contributed by atoms with Gasteiger partial charge in [-0.1, -0.05) is 0 Å². The van der Waals surface area contributed by atoms with Crippen molar-refractivity contribution in [2.75, 3.05) is 19.6 Å². The van der Waals surface area contributed by atoms with Crippen molar-refractivity contribution in [3.05, 3.63) is 22.4 Å². The number of carbonyl (C=O) groups excluding carboxylic acids is 1. The van der Waals surface area contributed by atoms with E-state index in [1.54, 1.807) is 11.3 Å². The van der Waals surface area contributed by atoms with Gasteiger partial charge in [0.25, 0.3) is 0 Å². The highest BCUT2D eigenvalue weighted by Gasteiger charge is 2.28. The van der Waals surface area contributed by atoms with Crippen LogP contribution in [-0.2, 0) is 11.3 Å². The Morgan fingerprint density at radius 1 is 1.35 bits per heavy atom. The molecule has 0 atom stereocenters. The second-order valence-electron chi connectivity index (χ2n) is 4.82. The van der Waals surface area contributed by atoms with Gasteiger partial charge in [-0.05, 0) is 42.2 Å². The molecule has 0 spiro atoms. The van der Waals surface area contributed by atoms with Crippen LogP contribution in [0.3, 0.4) is 0 Å². The van der Waals surface area contributed by atoms with Crippen LogP contribution in [-0.4, -0.2) is 31.5 Å². The van der Waals surface area contributed by atoms with E-state index in [2.05, 4.69) is 37.8 Å². The second kappa shape index (κ2) is 7.89. The number of guanidine groups is 1. The molecule has 0 saturated heterocycles. The lowest BCUT2D eigenvalue weighted by atomic mass is 10.3. The molecule has 2 rings (SSSR count). The normalized spacial score (nSPS) is 14.9. The average Bonchev–Trinajstić information content (AvgIpc) is 3.17. The topological polar surface area (TPSA) is 65.5 Å². The van der Waals surface area contributed by atoms with E-state index in [9.17, 15) is 4.79 Å². The maximum Gasteiger partial charge on any atom is 0.223 e. The number of rotatable bonds is 7. The lowest BCUT2D eigenvalue weighted by Gasteiger charge is -2.11. The first-order valence-corrected chi connectivity index (χ1v) is 8.05. The van der Waals surface area contributed by atoms with E-state index < -0.39 is 0 Å². The summed E-state index contributed by atoms with van der Waals surface area (Å²) in [4.78, 5) is 16.0. The highest BCUT2D eigenvalue weighted by Crippen LogP contribution is 2.28. The molecule has 110 valence electrons. The van der Waals surface area contributed by atoms with E-state index in [4.69, 9.17) is 0 Å². The SMILES string of the molecule is CCNC(=NCc1ccsc1)NCCNC(=O)C1CC1. The number of hydrogen-bond acceptors (Lipinski definition) is 3. The smallest absolute Gasteiger partial charge is 0.223 e. The number of nitrogens with zero attached hydrogens (tertiary/aromatic N) is 1. The van der Waals surface area contributed by atoms with E-state index in [-0.39, 0.29) is 11.8 Å². The number of aliphatic imine (C=N–C) groups is 1. The first kappa shape index (κ1) is 14.8. The predicted molar refractivity (Wildman–Crippen MR) is 82.9 cm³/mol. The monoisotopic (exact) mass is 294 g/mol. The van der Waals surface area contributed by atoms with Gasteiger partial charge in [0, 0.05) is 25.6 Å². The molecule has 1 saturated carbocycles. The third-order valence-electron chi connectivity index (χ3n) is 3.01. The summed E-state index contributed by atoms with van der Waals surface area (Å²) in [5, 5.41) is 13.5. The molecule has 1 fully saturated rings. The molecule has 1 aromatic heterocycles. The second-order valence-corrected chi connectivity index (χ2v) is 5.60. The van der Waals surface area contributed by atoms with Crippen molar-refractivity contribution in [3.8, 4) is 0 Å². The summed E-state index contributed by atoms with van der Waals surface area (Å²) in [7, 11) is 0. The molecule has 0 unspecified atom stereocenters. The Balaban J connectivity index is 1.68. The van der Waals surface area contributed by atoms with Gasteiger partial charge in [0.05, 0.1) is 6.54 Å². The van der Waals surface area contributed by atoms with Crippen molar-refractivity contribution >= 4 is 23.2 Å². The van der Waals surface area contributed by atoms with Crippen molar-refractivity contribution in [1.29, 1.82) is 0 Å². The Hall–Kier alpha value is -1.56. The number of amides is 1. The zero-order valence-electron chi connectivity index (χ0n) is 11.8. The number of nitrogens with one attached hydrogen (secondary N) is 3. The summed E-state index contributed by atoms with van der Waals surface area (Å²) in [6.07, 6.45) is 2.09. The van der Waals surface area contributed by atoms with Gasteiger partial charge in [0.2, 0.25) is 5.91 Å². The highest BCUT2D eigenvalue weighted by molar-refractivity contribution is 7.07. The summed E-state index contributed by atoms with van der Waals surface area (Å²) in [5.74, 6) is 1.25. The first-order valence-electron chi connectivity index (χ1n) is 7.10. The summed E-state index contributed by atoms with van der Waals surface area (Å²) in [5.41, 5.74) is 1.22. The number of hydrogen-bond donors (Lipinski definition) is 3. The van der Waals surface area contributed by atoms with Crippen molar-refractivity contribution in [3.63, 3.8) is 0 Å². The molecular formula is C14H22N4OS. The lowest BCUT2D eigenvalue weighted by molar-refractivity contribution is -0.122. The van der Waals surface area contributed by atoms with Crippen LogP contribution in [0.5, 0.6) is 0 Å². The maximum absolute atomic E-state index is 11.5. The van der Waals surface area contributed by atoms with E-state index in [1.165, 1.54) is 5.56 Å². The summed E-state index contributed by atoms with van der Waals surface area (Å²) in [6, 6.07) is 2.08. The first-order chi connectivity index (χ1) is 9.79. The predicted octanol–water partition coefficient (Wildman–Crippen LogP) is 1.33.